The van der Waals surface area contributed by atoms with Crippen molar-refractivity contribution < 1.29 is 0 Å². The minimum absolute atomic E-state index is 0.743. The van der Waals surface area contributed by atoms with E-state index in [4.69, 9.17) is 11.6 Å². The molecule has 3 aromatic rings. The van der Waals surface area contributed by atoms with Crippen molar-refractivity contribution >= 4 is 22.5 Å². The van der Waals surface area contributed by atoms with Gasteiger partial charge in [0.25, 0.3) is 0 Å². The predicted molar refractivity (Wildman–Crippen MR) is 76.9 cm³/mol. The maximum Gasteiger partial charge on any atom is 0.0709 e. The monoisotopic (exact) mass is 253 g/mol. The van der Waals surface area contributed by atoms with Crippen LogP contribution in [0.5, 0.6) is 0 Å². The van der Waals surface area contributed by atoms with Crippen LogP contribution >= 0.6 is 11.6 Å². The molecule has 0 saturated carbocycles. The van der Waals surface area contributed by atoms with Crippen molar-refractivity contribution in [2.24, 2.45) is 0 Å². The van der Waals surface area contributed by atoms with Gasteiger partial charge in [-0.1, -0.05) is 41.9 Å². The van der Waals surface area contributed by atoms with Gasteiger partial charge in [-0.15, -0.1) is 0 Å². The Kier molecular flexibility index (Phi) is 2.77. The molecule has 0 saturated heterocycles. The van der Waals surface area contributed by atoms with E-state index in [2.05, 4.69) is 24.0 Å². The van der Waals surface area contributed by atoms with Crippen LogP contribution in [0.2, 0.25) is 5.02 Å². The highest BCUT2D eigenvalue weighted by Gasteiger charge is 2.08. The van der Waals surface area contributed by atoms with Gasteiger partial charge < -0.3 is 0 Å². The van der Waals surface area contributed by atoms with E-state index in [0.717, 1.165) is 21.5 Å². The van der Waals surface area contributed by atoms with Crippen molar-refractivity contribution in [1.29, 1.82) is 0 Å². The first kappa shape index (κ1) is 11.2. The maximum absolute atomic E-state index is 6.10. The molecule has 0 bridgehead atoms. The number of nitrogens with zero attached hydrogens (tertiary/aromatic N) is 1. The summed E-state index contributed by atoms with van der Waals surface area (Å²) in [5, 5.41) is 1.85. The average Bonchev–Trinajstić information content (AvgIpc) is 2.39. The number of aromatic nitrogens is 1. The SMILES string of the molecule is Cc1cnc2ccc(Cl)cc2c1-c1ccccc1. The first-order valence-electron chi connectivity index (χ1n) is 5.86. The van der Waals surface area contributed by atoms with E-state index in [1.165, 1.54) is 11.1 Å². The fourth-order valence-electron chi connectivity index (χ4n) is 2.25. The van der Waals surface area contributed by atoms with E-state index in [9.17, 15) is 0 Å². The van der Waals surface area contributed by atoms with Crippen LogP contribution < -0.4 is 0 Å². The zero-order valence-corrected chi connectivity index (χ0v) is 10.8. The van der Waals surface area contributed by atoms with Gasteiger partial charge in [-0.3, -0.25) is 4.98 Å². The van der Waals surface area contributed by atoms with Crippen molar-refractivity contribution in [3.8, 4) is 11.1 Å². The van der Waals surface area contributed by atoms with Crippen LogP contribution in [0.25, 0.3) is 22.0 Å². The Morgan fingerprint density at radius 3 is 2.56 bits per heavy atom. The lowest BCUT2D eigenvalue weighted by Crippen LogP contribution is -1.89. The van der Waals surface area contributed by atoms with Gasteiger partial charge in [0.05, 0.1) is 5.52 Å². The average molecular weight is 254 g/mol. The molecule has 18 heavy (non-hydrogen) atoms. The Labute approximate surface area is 111 Å². The van der Waals surface area contributed by atoms with Crippen LogP contribution in [-0.2, 0) is 0 Å². The Hall–Kier alpha value is -1.86. The molecule has 0 unspecified atom stereocenters. The molecule has 1 aromatic heterocycles. The second kappa shape index (κ2) is 4.43. The molecule has 1 nitrogen and oxygen atoms in total. The molecule has 0 amide bonds. The highest BCUT2D eigenvalue weighted by molar-refractivity contribution is 6.31. The number of pyridine rings is 1. The molecule has 3 rings (SSSR count). The summed E-state index contributed by atoms with van der Waals surface area (Å²) in [6.07, 6.45) is 1.92. The van der Waals surface area contributed by atoms with Gasteiger partial charge in [-0.2, -0.15) is 0 Å². The third-order valence-electron chi connectivity index (χ3n) is 3.08. The van der Waals surface area contributed by atoms with E-state index in [1.807, 2.05) is 42.6 Å². The third kappa shape index (κ3) is 1.87. The van der Waals surface area contributed by atoms with Crippen molar-refractivity contribution in [3.05, 3.63) is 65.3 Å². The normalized spacial score (nSPS) is 10.8. The smallest absolute Gasteiger partial charge is 0.0709 e. The first-order chi connectivity index (χ1) is 8.75. The van der Waals surface area contributed by atoms with Gasteiger partial charge in [0.15, 0.2) is 0 Å². The van der Waals surface area contributed by atoms with Gasteiger partial charge in [-0.25, -0.2) is 0 Å². The molecule has 0 aliphatic heterocycles. The van der Waals surface area contributed by atoms with Gasteiger partial charge in [0, 0.05) is 16.6 Å². The number of rotatable bonds is 1. The first-order valence-corrected chi connectivity index (χ1v) is 6.24. The second-order valence-electron chi connectivity index (χ2n) is 4.34. The minimum Gasteiger partial charge on any atom is -0.256 e. The number of hydrogen-bond acceptors (Lipinski definition) is 1. The molecule has 0 spiro atoms. The highest BCUT2D eigenvalue weighted by atomic mass is 35.5. The van der Waals surface area contributed by atoms with Crippen LogP contribution in [0.3, 0.4) is 0 Å². The summed E-state index contributed by atoms with van der Waals surface area (Å²) >= 11 is 6.10. The number of hydrogen-bond donors (Lipinski definition) is 0. The standard InChI is InChI=1S/C16H12ClN/c1-11-10-18-15-8-7-13(17)9-14(15)16(11)12-5-3-2-4-6-12/h2-10H,1H3. The van der Waals surface area contributed by atoms with Gasteiger partial charge in [0.1, 0.15) is 0 Å². The Morgan fingerprint density at radius 2 is 1.78 bits per heavy atom. The molecule has 2 aromatic carbocycles. The topological polar surface area (TPSA) is 12.9 Å². The van der Waals surface area contributed by atoms with Gasteiger partial charge >= 0.3 is 0 Å². The summed E-state index contributed by atoms with van der Waals surface area (Å²) in [4.78, 5) is 4.45. The van der Waals surface area contributed by atoms with E-state index in [0.29, 0.717) is 0 Å². The largest absolute Gasteiger partial charge is 0.256 e. The fraction of sp³-hybridized carbons (Fsp3) is 0.0625. The molecular weight excluding hydrogens is 242 g/mol. The molecular formula is C16H12ClN. The van der Waals surface area contributed by atoms with E-state index < -0.39 is 0 Å². The lowest BCUT2D eigenvalue weighted by atomic mass is 9.97. The van der Waals surface area contributed by atoms with Gasteiger partial charge in [-0.05, 0) is 41.8 Å². The molecule has 0 aliphatic rings. The Balaban J connectivity index is 2.40. The summed E-state index contributed by atoms with van der Waals surface area (Å²) in [7, 11) is 0. The number of aryl methyl sites for hydroxylation is 1. The van der Waals surface area contributed by atoms with Crippen LogP contribution in [0.1, 0.15) is 5.56 Å². The zero-order valence-electron chi connectivity index (χ0n) is 10.0. The summed E-state index contributed by atoms with van der Waals surface area (Å²) < 4.78 is 0. The predicted octanol–water partition coefficient (Wildman–Crippen LogP) is 4.86. The second-order valence-corrected chi connectivity index (χ2v) is 4.78. The fourth-order valence-corrected chi connectivity index (χ4v) is 2.42. The van der Waals surface area contributed by atoms with Crippen LogP contribution in [0.15, 0.2) is 54.7 Å². The lowest BCUT2D eigenvalue weighted by Gasteiger charge is -2.10. The maximum atomic E-state index is 6.10. The molecule has 88 valence electrons. The molecule has 0 fully saturated rings. The molecule has 2 heteroatoms. The van der Waals surface area contributed by atoms with Crippen LogP contribution in [-0.4, -0.2) is 4.98 Å². The summed E-state index contributed by atoms with van der Waals surface area (Å²) in [5.41, 5.74) is 4.55. The summed E-state index contributed by atoms with van der Waals surface area (Å²) in [5.74, 6) is 0. The number of halogens is 1. The molecule has 1 heterocycles. The molecule has 0 N–H and O–H groups in total. The third-order valence-corrected chi connectivity index (χ3v) is 3.32. The Morgan fingerprint density at radius 1 is 1.00 bits per heavy atom. The van der Waals surface area contributed by atoms with Crippen molar-refractivity contribution in [2.75, 3.05) is 0 Å². The number of benzene rings is 2. The minimum atomic E-state index is 0.743. The highest BCUT2D eigenvalue weighted by Crippen LogP contribution is 2.31. The van der Waals surface area contributed by atoms with Crippen molar-refractivity contribution in [1.82, 2.24) is 4.98 Å². The Bertz CT molecular complexity index is 700. The number of fused-ring (bicyclic) bond motifs is 1. The molecule has 0 aliphatic carbocycles. The van der Waals surface area contributed by atoms with Crippen molar-refractivity contribution in [3.63, 3.8) is 0 Å². The van der Waals surface area contributed by atoms with Crippen LogP contribution in [0, 0.1) is 6.92 Å². The summed E-state index contributed by atoms with van der Waals surface area (Å²) in [6.45, 7) is 2.08. The zero-order chi connectivity index (χ0) is 12.5. The van der Waals surface area contributed by atoms with Gasteiger partial charge in [0.2, 0.25) is 0 Å². The molecule has 0 atom stereocenters. The van der Waals surface area contributed by atoms with Crippen molar-refractivity contribution in [2.45, 2.75) is 6.92 Å². The molecule has 0 radical (unpaired) electrons. The van der Waals surface area contributed by atoms with Crippen LogP contribution in [0.4, 0.5) is 0 Å². The summed E-state index contributed by atoms with van der Waals surface area (Å²) in [6, 6.07) is 16.2. The van der Waals surface area contributed by atoms with E-state index >= 15 is 0 Å². The van der Waals surface area contributed by atoms with E-state index in [-0.39, 0.29) is 0 Å². The lowest BCUT2D eigenvalue weighted by molar-refractivity contribution is 1.33. The van der Waals surface area contributed by atoms with E-state index in [1.54, 1.807) is 0 Å². The quantitative estimate of drug-likeness (QED) is 0.603.